The molecule has 2 N–H and O–H groups in total. The monoisotopic (exact) mass is 310 g/mol. The molecule has 2 aliphatic carbocycles. The highest BCUT2D eigenvalue weighted by molar-refractivity contribution is 5.14. The number of fused-ring (bicyclic) bond motifs is 1. The lowest BCUT2D eigenvalue weighted by molar-refractivity contribution is -0.0499. The van der Waals surface area contributed by atoms with Gasteiger partial charge in [0.05, 0.1) is 24.9 Å². The van der Waals surface area contributed by atoms with Crippen LogP contribution in [0.3, 0.4) is 0 Å². The standard InChI is InChI=1S/C19H34O3/c1-5-19(21,6-2)13-22-12-14(3)15-9-10-16-17(20)8-7-11-18(15,16)4/h15-17,20-21H,3,5-13H2,1-2,4H3/t15-,16+,17+,18-/m1/s1. The van der Waals surface area contributed by atoms with E-state index in [-0.39, 0.29) is 11.5 Å². The third-order valence-electron chi connectivity index (χ3n) is 6.56. The number of rotatable bonds is 7. The Kier molecular flexibility index (Phi) is 5.73. The molecule has 0 aromatic heterocycles. The first-order valence-corrected chi connectivity index (χ1v) is 9.02. The molecular weight excluding hydrogens is 276 g/mol. The Hall–Kier alpha value is -0.380. The molecule has 128 valence electrons. The van der Waals surface area contributed by atoms with Crippen LogP contribution < -0.4 is 0 Å². The van der Waals surface area contributed by atoms with Gasteiger partial charge in [-0.2, -0.15) is 0 Å². The summed E-state index contributed by atoms with van der Waals surface area (Å²) in [7, 11) is 0. The second kappa shape index (κ2) is 7.02. The molecule has 0 heterocycles. The van der Waals surface area contributed by atoms with Gasteiger partial charge in [-0.3, -0.25) is 0 Å². The molecule has 0 aliphatic heterocycles. The van der Waals surface area contributed by atoms with Gasteiger partial charge in [-0.05, 0) is 61.3 Å². The van der Waals surface area contributed by atoms with Crippen molar-refractivity contribution in [1.82, 2.24) is 0 Å². The zero-order valence-corrected chi connectivity index (χ0v) is 14.6. The van der Waals surface area contributed by atoms with Gasteiger partial charge in [-0.15, -0.1) is 0 Å². The Bertz CT molecular complexity index is 388. The number of aliphatic hydroxyl groups excluding tert-OH is 1. The highest BCUT2D eigenvalue weighted by atomic mass is 16.5. The van der Waals surface area contributed by atoms with Crippen LogP contribution in [-0.2, 0) is 4.74 Å². The Balaban J connectivity index is 1.90. The lowest BCUT2D eigenvalue weighted by Gasteiger charge is -2.44. The highest BCUT2D eigenvalue weighted by Crippen LogP contribution is 2.57. The van der Waals surface area contributed by atoms with Crippen molar-refractivity contribution >= 4 is 0 Å². The summed E-state index contributed by atoms with van der Waals surface area (Å²) < 4.78 is 5.79. The van der Waals surface area contributed by atoms with Gasteiger partial charge in [0.25, 0.3) is 0 Å². The van der Waals surface area contributed by atoms with Crippen molar-refractivity contribution in [2.24, 2.45) is 17.3 Å². The van der Waals surface area contributed by atoms with Gasteiger partial charge in [0.15, 0.2) is 0 Å². The summed E-state index contributed by atoms with van der Waals surface area (Å²) >= 11 is 0. The van der Waals surface area contributed by atoms with E-state index < -0.39 is 5.60 Å². The molecule has 0 saturated heterocycles. The van der Waals surface area contributed by atoms with Crippen molar-refractivity contribution in [3.8, 4) is 0 Å². The van der Waals surface area contributed by atoms with Crippen molar-refractivity contribution < 1.29 is 14.9 Å². The van der Waals surface area contributed by atoms with Gasteiger partial charge in [0, 0.05) is 0 Å². The first-order valence-electron chi connectivity index (χ1n) is 9.02. The summed E-state index contributed by atoms with van der Waals surface area (Å²) in [6.07, 6.45) is 6.77. The average Bonchev–Trinajstić information content (AvgIpc) is 2.85. The zero-order chi connectivity index (χ0) is 16.4. The molecule has 2 aliphatic rings. The number of ether oxygens (including phenoxy) is 1. The van der Waals surface area contributed by atoms with Crippen molar-refractivity contribution in [3.63, 3.8) is 0 Å². The van der Waals surface area contributed by atoms with E-state index in [9.17, 15) is 10.2 Å². The molecule has 2 saturated carbocycles. The van der Waals surface area contributed by atoms with E-state index in [1.165, 1.54) is 6.42 Å². The quantitative estimate of drug-likeness (QED) is 0.705. The van der Waals surface area contributed by atoms with Crippen LogP contribution in [0.1, 0.15) is 65.7 Å². The van der Waals surface area contributed by atoms with Crippen LogP contribution in [0.5, 0.6) is 0 Å². The maximum atomic E-state index is 10.3. The Morgan fingerprint density at radius 2 is 1.95 bits per heavy atom. The van der Waals surface area contributed by atoms with E-state index >= 15 is 0 Å². The minimum Gasteiger partial charge on any atom is -0.393 e. The van der Waals surface area contributed by atoms with Crippen molar-refractivity contribution in [2.75, 3.05) is 13.2 Å². The van der Waals surface area contributed by atoms with Crippen molar-refractivity contribution in [2.45, 2.75) is 77.4 Å². The van der Waals surface area contributed by atoms with E-state index in [0.29, 0.717) is 37.9 Å². The molecule has 2 rings (SSSR count). The van der Waals surface area contributed by atoms with Crippen LogP contribution in [0.2, 0.25) is 0 Å². The van der Waals surface area contributed by atoms with Gasteiger partial charge in [-0.1, -0.05) is 33.8 Å². The molecule has 22 heavy (non-hydrogen) atoms. The third-order valence-corrected chi connectivity index (χ3v) is 6.56. The fourth-order valence-electron chi connectivity index (χ4n) is 4.75. The second-order valence-electron chi connectivity index (χ2n) is 7.78. The van der Waals surface area contributed by atoms with E-state index in [0.717, 1.165) is 31.3 Å². The van der Waals surface area contributed by atoms with Gasteiger partial charge in [0.1, 0.15) is 0 Å². The molecule has 2 fully saturated rings. The molecule has 0 bridgehead atoms. The average molecular weight is 310 g/mol. The van der Waals surface area contributed by atoms with Crippen LogP contribution in [0.25, 0.3) is 0 Å². The van der Waals surface area contributed by atoms with Gasteiger partial charge in [-0.25, -0.2) is 0 Å². The third kappa shape index (κ3) is 3.42. The second-order valence-corrected chi connectivity index (χ2v) is 7.78. The minimum absolute atomic E-state index is 0.136. The predicted octanol–water partition coefficient (Wildman–Crippen LogP) is 3.69. The van der Waals surface area contributed by atoms with Crippen molar-refractivity contribution in [3.05, 3.63) is 12.2 Å². The van der Waals surface area contributed by atoms with Crippen molar-refractivity contribution in [1.29, 1.82) is 0 Å². The minimum atomic E-state index is -0.705. The molecular formula is C19H34O3. The topological polar surface area (TPSA) is 49.7 Å². The van der Waals surface area contributed by atoms with Crippen LogP contribution >= 0.6 is 0 Å². The fourth-order valence-corrected chi connectivity index (χ4v) is 4.75. The van der Waals surface area contributed by atoms with E-state index in [4.69, 9.17) is 4.74 Å². The van der Waals surface area contributed by atoms with Crippen LogP contribution in [0, 0.1) is 17.3 Å². The zero-order valence-electron chi connectivity index (χ0n) is 14.6. The summed E-state index contributed by atoms with van der Waals surface area (Å²) in [6, 6.07) is 0. The Morgan fingerprint density at radius 1 is 1.27 bits per heavy atom. The summed E-state index contributed by atoms with van der Waals surface area (Å²) in [5, 5.41) is 20.6. The van der Waals surface area contributed by atoms with E-state index in [2.05, 4.69) is 13.5 Å². The molecule has 4 atom stereocenters. The summed E-state index contributed by atoms with van der Waals surface area (Å²) in [5.74, 6) is 0.870. The summed E-state index contributed by atoms with van der Waals surface area (Å²) in [5.41, 5.74) is 0.626. The van der Waals surface area contributed by atoms with Crippen LogP contribution in [-0.4, -0.2) is 35.1 Å². The number of hydrogen-bond donors (Lipinski definition) is 2. The number of hydrogen-bond acceptors (Lipinski definition) is 3. The maximum absolute atomic E-state index is 10.3. The molecule has 0 amide bonds. The Labute approximate surface area is 135 Å². The van der Waals surface area contributed by atoms with Gasteiger partial charge >= 0.3 is 0 Å². The lowest BCUT2D eigenvalue weighted by atomic mass is 9.63. The smallest absolute Gasteiger partial charge is 0.0875 e. The molecule has 0 aromatic carbocycles. The molecule has 3 nitrogen and oxygen atoms in total. The highest BCUT2D eigenvalue weighted by Gasteiger charge is 2.51. The Morgan fingerprint density at radius 3 is 2.59 bits per heavy atom. The lowest BCUT2D eigenvalue weighted by Crippen LogP contribution is -2.40. The fraction of sp³-hybridized carbons (Fsp3) is 0.895. The largest absolute Gasteiger partial charge is 0.393 e. The molecule has 0 spiro atoms. The molecule has 0 aromatic rings. The molecule has 3 heteroatoms. The maximum Gasteiger partial charge on any atom is 0.0875 e. The normalized spacial score (nSPS) is 35.4. The van der Waals surface area contributed by atoms with Gasteiger partial charge in [0.2, 0.25) is 0 Å². The molecule has 0 radical (unpaired) electrons. The predicted molar refractivity (Wildman–Crippen MR) is 89.7 cm³/mol. The van der Waals surface area contributed by atoms with Crippen LogP contribution in [0.4, 0.5) is 0 Å². The SMILES string of the molecule is C=C(COCC(O)(CC)CC)[C@H]1CC[C@H]2[C@@H](O)CCC[C@]12C. The summed E-state index contributed by atoms with van der Waals surface area (Å²) in [4.78, 5) is 0. The van der Waals surface area contributed by atoms with Crippen LogP contribution in [0.15, 0.2) is 12.2 Å². The van der Waals surface area contributed by atoms with Gasteiger partial charge < -0.3 is 14.9 Å². The van der Waals surface area contributed by atoms with E-state index in [1.807, 2.05) is 13.8 Å². The summed E-state index contributed by atoms with van der Waals surface area (Å²) in [6.45, 7) is 11.5. The van der Waals surface area contributed by atoms with E-state index in [1.54, 1.807) is 0 Å². The first-order chi connectivity index (χ1) is 10.4. The molecule has 0 unspecified atom stereocenters. The first kappa shape index (κ1) is 18.0. The number of aliphatic hydroxyl groups is 2.